The van der Waals surface area contributed by atoms with E-state index in [-0.39, 0.29) is 17.6 Å². The fraction of sp³-hybridized carbons (Fsp3) is 0.120. The van der Waals surface area contributed by atoms with Crippen LogP contribution in [-0.2, 0) is 0 Å². The van der Waals surface area contributed by atoms with Crippen LogP contribution in [0.25, 0.3) is 22.4 Å². The van der Waals surface area contributed by atoms with Gasteiger partial charge in [-0.1, -0.05) is 48.5 Å². The highest BCUT2D eigenvalue weighted by Gasteiger charge is 2.36. The lowest BCUT2D eigenvalue weighted by atomic mass is 10.2. The van der Waals surface area contributed by atoms with Gasteiger partial charge < -0.3 is 10.1 Å². The van der Waals surface area contributed by atoms with Gasteiger partial charge in [-0.05, 0) is 35.5 Å². The Morgan fingerprint density at radius 1 is 0.972 bits per heavy atom. The predicted molar refractivity (Wildman–Crippen MR) is 133 cm³/mol. The zero-order chi connectivity index (χ0) is 25.1. The minimum Gasteiger partial charge on any atom is -0.491 e. The molecule has 0 aliphatic heterocycles. The molecule has 1 N–H and O–H groups in total. The summed E-state index contributed by atoms with van der Waals surface area (Å²) in [6.07, 6.45) is 4.76. The van der Waals surface area contributed by atoms with Crippen molar-refractivity contribution in [1.82, 2.24) is 24.7 Å². The second kappa shape index (κ2) is 9.86. The van der Waals surface area contributed by atoms with E-state index in [4.69, 9.17) is 4.74 Å². The van der Waals surface area contributed by atoms with Gasteiger partial charge in [0.15, 0.2) is 17.4 Å². The molecule has 36 heavy (non-hydrogen) atoms. The molecule has 0 radical (unpaired) electrons. The van der Waals surface area contributed by atoms with Crippen molar-refractivity contribution in [2.75, 3.05) is 12.4 Å². The van der Waals surface area contributed by atoms with E-state index in [0.29, 0.717) is 33.7 Å². The van der Waals surface area contributed by atoms with E-state index in [1.54, 1.807) is 79.1 Å². The third-order valence-corrected chi connectivity index (χ3v) is 6.26. The molecule has 2 aromatic carbocycles. The average molecular weight is 509 g/mol. The molecule has 0 aliphatic rings. The molecule has 182 valence electrons. The standard InChI is InChI=1S/C25H19F3N6OS/c1-35-20-15-30-23(32-22(20)31-17-11-13-29-14-12-17)21-18-9-5-6-10-19(18)34(33-21)24(36-25(26,27)28)16-7-3-2-4-8-16/h2-15,24H,1H3,(H,29,30,31,32). The number of halogens is 3. The van der Waals surface area contributed by atoms with Crippen LogP contribution in [-0.4, -0.2) is 37.4 Å². The first kappa shape index (κ1) is 23.6. The van der Waals surface area contributed by atoms with E-state index in [2.05, 4.69) is 25.4 Å². The first-order chi connectivity index (χ1) is 17.4. The lowest BCUT2D eigenvalue weighted by molar-refractivity contribution is -0.0336. The Bertz CT molecular complexity index is 1480. The van der Waals surface area contributed by atoms with Gasteiger partial charge in [-0.2, -0.15) is 18.3 Å². The number of aromatic nitrogens is 5. The number of rotatable bonds is 7. The van der Waals surface area contributed by atoms with Crippen LogP contribution in [0.5, 0.6) is 5.75 Å². The molecular formula is C25H19F3N6OS. The van der Waals surface area contributed by atoms with Crippen molar-refractivity contribution in [2.24, 2.45) is 0 Å². The number of anilines is 2. The van der Waals surface area contributed by atoms with E-state index in [1.807, 2.05) is 0 Å². The van der Waals surface area contributed by atoms with Gasteiger partial charge >= 0.3 is 5.51 Å². The molecule has 5 aromatic rings. The van der Waals surface area contributed by atoms with Gasteiger partial charge in [0.1, 0.15) is 11.1 Å². The molecule has 1 unspecified atom stereocenters. The van der Waals surface area contributed by atoms with Crippen molar-refractivity contribution in [1.29, 1.82) is 0 Å². The maximum atomic E-state index is 13.6. The fourth-order valence-corrected chi connectivity index (χ4v) is 4.54. The van der Waals surface area contributed by atoms with Crippen molar-refractivity contribution in [3.05, 3.63) is 90.9 Å². The molecule has 3 aromatic heterocycles. The van der Waals surface area contributed by atoms with Crippen LogP contribution >= 0.6 is 11.8 Å². The largest absolute Gasteiger partial charge is 0.491 e. The number of methoxy groups -OCH3 is 1. The number of alkyl halides is 3. The number of fused-ring (bicyclic) bond motifs is 1. The highest BCUT2D eigenvalue weighted by Crippen LogP contribution is 2.44. The minimum absolute atomic E-state index is 0.136. The molecule has 0 amide bonds. The van der Waals surface area contributed by atoms with Crippen molar-refractivity contribution in [3.63, 3.8) is 0 Å². The molecule has 0 spiro atoms. The zero-order valence-electron chi connectivity index (χ0n) is 18.8. The smallest absolute Gasteiger partial charge is 0.444 e. The molecule has 1 atom stereocenters. The van der Waals surface area contributed by atoms with Gasteiger partial charge in [0.05, 0.1) is 18.8 Å². The Hall–Kier alpha value is -4.12. The summed E-state index contributed by atoms with van der Waals surface area (Å²) in [5.41, 5.74) is -2.40. The average Bonchev–Trinajstić information content (AvgIpc) is 3.27. The van der Waals surface area contributed by atoms with Crippen LogP contribution in [0.3, 0.4) is 0 Å². The van der Waals surface area contributed by atoms with Crippen LogP contribution in [0.2, 0.25) is 0 Å². The number of hydrogen-bond donors (Lipinski definition) is 1. The van der Waals surface area contributed by atoms with Crippen molar-refractivity contribution in [3.8, 4) is 17.3 Å². The summed E-state index contributed by atoms with van der Waals surface area (Å²) >= 11 is -0.136. The molecule has 0 fully saturated rings. The van der Waals surface area contributed by atoms with Gasteiger partial charge in [0, 0.05) is 23.5 Å². The van der Waals surface area contributed by atoms with Crippen LogP contribution < -0.4 is 10.1 Å². The van der Waals surface area contributed by atoms with E-state index in [1.165, 1.54) is 18.0 Å². The number of hydrogen-bond acceptors (Lipinski definition) is 7. The van der Waals surface area contributed by atoms with Gasteiger partial charge in [0.25, 0.3) is 0 Å². The Kier molecular flexibility index (Phi) is 6.47. The number of ether oxygens (including phenoxy) is 1. The summed E-state index contributed by atoms with van der Waals surface area (Å²) in [4.78, 5) is 13.0. The van der Waals surface area contributed by atoms with E-state index in [9.17, 15) is 13.2 Å². The monoisotopic (exact) mass is 508 g/mol. The highest BCUT2D eigenvalue weighted by atomic mass is 32.2. The molecular weight excluding hydrogens is 489 g/mol. The first-order valence-electron chi connectivity index (χ1n) is 10.8. The third kappa shape index (κ3) is 4.96. The molecule has 0 bridgehead atoms. The van der Waals surface area contributed by atoms with Gasteiger partial charge in [0.2, 0.25) is 0 Å². The lowest BCUT2D eigenvalue weighted by Crippen LogP contribution is -2.15. The lowest BCUT2D eigenvalue weighted by Gasteiger charge is -2.20. The van der Waals surface area contributed by atoms with Crippen molar-refractivity contribution in [2.45, 2.75) is 10.9 Å². The number of nitrogens with one attached hydrogen (secondary N) is 1. The molecule has 11 heteroatoms. The Morgan fingerprint density at radius 3 is 2.42 bits per heavy atom. The second-order valence-corrected chi connectivity index (χ2v) is 8.75. The van der Waals surface area contributed by atoms with Crippen LogP contribution in [0.4, 0.5) is 24.7 Å². The first-order valence-corrected chi connectivity index (χ1v) is 11.7. The van der Waals surface area contributed by atoms with Crippen LogP contribution in [0.1, 0.15) is 10.9 Å². The topological polar surface area (TPSA) is 77.8 Å². The number of pyridine rings is 1. The quantitative estimate of drug-likeness (QED) is 0.271. The van der Waals surface area contributed by atoms with E-state index < -0.39 is 10.9 Å². The van der Waals surface area contributed by atoms with Gasteiger partial charge in [-0.3, -0.25) is 4.98 Å². The van der Waals surface area contributed by atoms with Crippen LogP contribution in [0, 0.1) is 0 Å². The molecule has 0 saturated carbocycles. The summed E-state index contributed by atoms with van der Waals surface area (Å²) in [6, 6.07) is 19.1. The van der Waals surface area contributed by atoms with Gasteiger partial charge in [-0.15, -0.1) is 0 Å². The second-order valence-electron chi connectivity index (χ2n) is 7.61. The van der Waals surface area contributed by atoms with Crippen molar-refractivity contribution < 1.29 is 17.9 Å². The number of thioether (sulfide) groups is 1. The maximum Gasteiger partial charge on any atom is 0.444 e. The predicted octanol–water partition coefficient (Wildman–Crippen LogP) is 6.44. The fourth-order valence-electron chi connectivity index (χ4n) is 3.73. The summed E-state index contributed by atoms with van der Waals surface area (Å²) in [6.45, 7) is 0. The Labute approximate surface area is 208 Å². The summed E-state index contributed by atoms with van der Waals surface area (Å²) in [7, 11) is 1.50. The van der Waals surface area contributed by atoms with E-state index in [0.717, 1.165) is 5.69 Å². The normalized spacial score (nSPS) is 12.4. The van der Waals surface area contributed by atoms with Gasteiger partial charge in [-0.25, -0.2) is 14.6 Å². The Morgan fingerprint density at radius 2 is 1.69 bits per heavy atom. The molecule has 5 rings (SSSR count). The number of nitrogens with zero attached hydrogens (tertiary/aromatic N) is 5. The SMILES string of the molecule is COc1cnc(-c2nn(C(SC(F)(F)F)c3ccccc3)c3ccccc23)nc1Nc1ccncc1. The molecule has 0 aliphatic carbocycles. The highest BCUT2D eigenvalue weighted by molar-refractivity contribution is 8.00. The molecule has 3 heterocycles. The molecule has 7 nitrogen and oxygen atoms in total. The number of benzene rings is 2. The van der Waals surface area contributed by atoms with Crippen LogP contribution in [0.15, 0.2) is 85.3 Å². The summed E-state index contributed by atoms with van der Waals surface area (Å²) in [5.74, 6) is 1.02. The summed E-state index contributed by atoms with van der Waals surface area (Å²) in [5, 5.41) is 7.27. The number of para-hydroxylation sites is 1. The van der Waals surface area contributed by atoms with E-state index >= 15 is 0 Å². The maximum absolute atomic E-state index is 13.6. The Balaban J connectivity index is 1.65. The zero-order valence-corrected chi connectivity index (χ0v) is 19.7. The minimum atomic E-state index is -4.48. The summed E-state index contributed by atoms with van der Waals surface area (Å²) < 4.78 is 47.6. The molecule has 0 saturated heterocycles. The third-order valence-electron chi connectivity index (χ3n) is 5.30. The van der Waals surface area contributed by atoms with Crippen molar-refractivity contribution >= 4 is 34.2 Å².